The minimum Gasteiger partial charge on any atom is -0.368 e. The monoisotopic (exact) mass is 333 g/mol. The van der Waals surface area contributed by atoms with E-state index in [2.05, 4.69) is 31.5 Å². The summed E-state index contributed by atoms with van der Waals surface area (Å²) in [6.45, 7) is 4.09. The molecule has 20 heavy (non-hydrogen) atoms. The molecule has 0 bridgehead atoms. The van der Waals surface area contributed by atoms with Gasteiger partial charge in [0.05, 0.1) is 11.9 Å². The van der Waals surface area contributed by atoms with E-state index in [4.69, 9.17) is 0 Å². The predicted molar refractivity (Wildman–Crippen MR) is 85.1 cm³/mol. The Morgan fingerprint density at radius 3 is 2.40 bits per heavy atom. The number of hydrogen-bond donors (Lipinski definition) is 2. The zero-order valence-electron chi connectivity index (χ0n) is 11.4. The summed E-state index contributed by atoms with van der Waals surface area (Å²) in [7, 11) is 0. The highest BCUT2D eigenvalue weighted by Crippen LogP contribution is 2.14. The summed E-state index contributed by atoms with van der Waals surface area (Å²) in [5.41, 5.74) is 1.28. The first-order valence-corrected chi connectivity index (χ1v) is 7.13. The molecule has 1 aromatic carbocycles. The molecule has 0 atom stereocenters. The quantitative estimate of drug-likeness (QED) is 0.891. The molecule has 0 aliphatic carbocycles. The summed E-state index contributed by atoms with van der Waals surface area (Å²) in [4.78, 5) is 16.3. The smallest absolute Gasteiger partial charge is 0.255 e. The van der Waals surface area contributed by atoms with Crippen LogP contribution in [0.2, 0.25) is 0 Å². The molecule has 104 valence electrons. The molecule has 2 N–H and O–H groups in total. The fraction of sp³-hybridized carbons (Fsp3) is 0.200. The van der Waals surface area contributed by atoms with Crippen molar-refractivity contribution in [3.05, 3.63) is 52.6 Å². The summed E-state index contributed by atoms with van der Waals surface area (Å²) >= 11 is 3.34. The summed E-state index contributed by atoms with van der Waals surface area (Å²) in [6.07, 6.45) is 1.64. The SMILES string of the molecule is CC(C)Nc1ccc(NC(=O)c2ccc(Br)cc2)cn1. The third-order valence-corrected chi connectivity index (χ3v) is 3.09. The van der Waals surface area contributed by atoms with Crippen LogP contribution in [0.15, 0.2) is 47.1 Å². The van der Waals surface area contributed by atoms with Gasteiger partial charge in [0.15, 0.2) is 0 Å². The number of carbonyl (C=O) groups excluding carboxylic acids is 1. The van der Waals surface area contributed by atoms with Crippen LogP contribution in [0.25, 0.3) is 0 Å². The highest BCUT2D eigenvalue weighted by Gasteiger charge is 2.06. The zero-order chi connectivity index (χ0) is 14.5. The Bertz CT molecular complexity index is 579. The normalized spacial score (nSPS) is 10.4. The van der Waals surface area contributed by atoms with E-state index >= 15 is 0 Å². The fourth-order valence-electron chi connectivity index (χ4n) is 1.65. The molecule has 4 nitrogen and oxygen atoms in total. The van der Waals surface area contributed by atoms with E-state index in [9.17, 15) is 4.79 Å². The Morgan fingerprint density at radius 2 is 1.85 bits per heavy atom. The molecule has 2 rings (SSSR count). The molecule has 1 aromatic heterocycles. The van der Waals surface area contributed by atoms with Gasteiger partial charge in [-0.05, 0) is 50.2 Å². The molecule has 2 aromatic rings. The van der Waals surface area contributed by atoms with E-state index in [-0.39, 0.29) is 5.91 Å². The van der Waals surface area contributed by atoms with Crippen molar-refractivity contribution in [2.45, 2.75) is 19.9 Å². The van der Waals surface area contributed by atoms with Crippen molar-refractivity contribution in [2.24, 2.45) is 0 Å². The molecular formula is C15H16BrN3O. The van der Waals surface area contributed by atoms with Gasteiger partial charge in [-0.3, -0.25) is 4.79 Å². The van der Waals surface area contributed by atoms with Gasteiger partial charge in [0.2, 0.25) is 0 Å². The maximum atomic E-state index is 12.0. The number of nitrogens with one attached hydrogen (secondary N) is 2. The molecule has 0 saturated carbocycles. The van der Waals surface area contributed by atoms with Gasteiger partial charge in [0, 0.05) is 16.1 Å². The van der Waals surface area contributed by atoms with Gasteiger partial charge >= 0.3 is 0 Å². The van der Waals surface area contributed by atoms with Crippen LogP contribution in [-0.4, -0.2) is 16.9 Å². The Labute approximate surface area is 126 Å². The molecular weight excluding hydrogens is 318 g/mol. The van der Waals surface area contributed by atoms with Crippen LogP contribution in [0.4, 0.5) is 11.5 Å². The van der Waals surface area contributed by atoms with Crippen LogP contribution in [0, 0.1) is 0 Å². The van der Waals surface area contributed by atoms with Gasteiger partial charge in [-0.25, -0.2) is 4.98 Å². The average Bonchev–Trinajstić information content (AvgIpc) is 2.41. The van der Waals surface area contributed by atoms with Crippen molar-refractivity contribution < 1.29 is 4.79 Å². The van der Waals surface area contributed by atoms with Crippen LogP contribution in [0.5, 0.6) is 0 Å². The van der Waals surface area contributed by atoms with Gasteiger partial charge in [-0.1, -0.05) is 15.9 Å². The highest BCUT2D eigenvalue weighted by atomic mass is 79.9. The number of hydrogen-bond acceptors (Lipinski definition) is 3. The maximum absolute atomic E-state index is 12.0. The summed E-state index contributed by atoms with van der Waals surface area (Å²) < 4.78 is 0.944. The zero-order valence-corrected chi connectivity index (χ0v) is 12.9. The number of benzene rings is 1. The lowest BCUT2D eigenvalue weighted by Gasteiger charge is -2.10. The Balaban J connectivity index is 2.02. The number of aromatic nitrogens is 1. The van der Waals surface area contributed by atoms with E-state index < -0.39 is 0 Å². The number of rotatable bonds is 4. The van der Waals surface area contributed by atoms with Crippen molar-refractivity contribution in [1.82, 2.24) is 4.98 Å². The Morgan fingerprint density at radius 1 is 1.15 bits per heavy atom. The van der Waals surface area contributed by atoms with E-state index in [0.717, 1.165) is 10.3 Å². The molecule has 5 heteroatoms. The lowest BCUT2D eigenvalue weighted by atomic mass is 10.2. The Kier molecular flexibility index (Phi) is 4.74. The predicted octanol–water partition coefficient (Wildman–Crippen LogP) is 3.92. The van der Waals surface area contributed by atoms with Crippen LogP contribution in [0.3, 0.4) is 0 Å². The van der Waals surface area contributed by atoms with Crippen molar-refractivity contribution >= 4 is 33.3 Å². The van der Waals surface area contributed by atoms with E-state index in [1.165, 1.54) is 0 Å². The van der Waals surface area contributed by atoms with E-state index in [1.54, 1.807) is 18.3 Å². The highest BCUT2D eigenvalue weighted by molar-refractivity contribution is 9.10. The van der Waals surface area contributed by atoms with Gasteiger partial charge in [0.1, 0.15) is 5.82 Å². The first kappa shape index (κ1) is 14.5. The molecule has 0 radical (unpaired) electrons. The van der Waals surface area contributed by atoms with Crippen LogP contribution in [0.1, 0.15) is 24.2 Å². The van der Waals surface area contributed by atoms with Crippen molar-refractivity contribution in [2.75, 3.05) is 10.6 Å². The van der Waals surface area contributed by atoms with E-state index in [1.807, 2.05) is 38.1 Å². The van der Waals surface area contributed by atoms with Gasteiger partial charge in [-0.15, -0.1) is 0 Å². The Hall–Kier alpha value is -1.88. The second-order valence-corrected chi connectivity index (χ2v) is 5.61. The number of anilines is 2. The molecule has 1 heterocycles. The largest absolute Gasteiger partial charge is 0.368 e. The lowest BCUT2D eigenvalue weighted by Crippen LogP contribution is -2.13. The number of pyridine rings is 1. The minimum atomic E-state index is -0.149. The third kappa shape index (κ3) is 4.06. The minimum absolute atomic E-state index is 0.149. The van der Waals surface area contributed by atoms with Crippen molar-refractivity contribution in [3.8, 4) is 0 Å². The van der Waals surface area contributed by atoms with Crippen LogP contribution in [-0.2, 0) is 0 Å². The van der Waals surface area contributed by atoms with Gasteiger partial charge < -0.3 is 10.6 Å². The molecule has 1 amide bonds. The molecule has 0 aliphatic heterocycles. The van der Waals surface area contributed by atoms with Gasteiger partial charge in [0.25, 0.3) is 5.91 Å². The average molecular weight is 334 g/mol. The second-order valence-electron chi connectivity index (χ2n) is 4.69. The molecule has 0 fully saturated rings. The van der Waals surface area contributed by atoms with Crippen molar-refractivity contribution in [3.63, 3.8) is 0 Å². The molecule has 0 unspecified atom stereocenters. The van der Waals surface area contributed by atoms with Crippen molar-refractivity contribution in [1.29, 1.82) is 0 Å². The first-order valence-electron chi connectivity index (χ1n) is 6.34. The molecule has 0 aliphatic rings. The number of nitrogens with zero attached hydrogens (tertiary/aromatic N) is 1. The van der Waals surface area contributed by atoms with E-state index in [0.29, 0.717) is 17.3 Å². The number of carbonyl (C=O) groups is 1. The summed E-state index contributed by atoms with van der Waals surface area (Å²) in [6, 6.07) is 11.2. The maximum Gasteiger partial charge on any atom is 0.255 e. The fourth-order valence-corrected chi connectivity index (χ4v) is 1.92. The third-order valence-electron chi connectivity index (χ3n) is 2.56. The first-order chi connectivity index (χ1) is 9.54. The lowest BCUT2D eigenvalue weighted by molar-refractivity contribution is 0.102. The van der Waals surface area contributed by atoms with Crippen LogP contribution < -0.4 is 10.6 Å². The van der Waals surface area contributed by atoms with Gasteiger partial charge in [-0.2, -0.15) is 0 Å². The topological polar surface area (TPSA) is 54.0 Å². The summed E-state index contributed by atoms with van der Waals surface area (Å²) in [5.74, 6) is 0.644. The molecule has 0 saturated heterocycles. The molecule has 0 spiro atoms. The summed E-state index contributed by atoms with van der Waals surface area (Å²) in [5, 5.41) is 6.01. The number of amides is 1. The van der Waals surface area contributed by atoms with Crippen LogP contribution >= 0.6 is 15.9 Å². The standard InChI is InChI=1S/C15H16BrN3O/c1-10(2)18-14-8-7-13(9-17-14)19-15(20)11-3-5-12(16)6-4-11/h3-10H,1-2H3,(H,17,18)(H,19,20). The second kappa shape index (κ2) is 6.52. The number of halogens is 1.